The Kier molecular flexibility index (Phi) is 15.5. The average Bonchev–Trinajstić information content (AvgIpc) is 3.54. The summed E-state index contributed by atoms with van der Waals surface area (Å²) >= 11 is 5.59. The Hall–Kier alpha value is -4.40. The van der Waals surface area contributed by atoms with Gasteiger partial charge in [0, 0.05) is 38.2 Å². The Balaban J connectivity index is 1.52. The van der Waals surface area contributed by atoms with Crippen molar-refractivity contribution in [3.63, 3.8) is 0 Å². The number of nitrogens with one attached hydrogen (secondary N) is 1. The van der Waals surface area contributed by atoms with Gasteiger partial charge in [-0.1, -0.05) is 20.8 Å². The second kappa shape index (κ2) is 19.0. The number of hydrogen-bond donors (Lipinski definition) is 1. The van der Waals surface area contributed by atoms with Crippen molar-refractivity contribution in [1.29, 1.82) is 5.26 Å². The zero-order chi connectivity index (χ0) is 41.3. The fraction of sp³-hybridized carbons (Fsp3) is 0.579. The lowest BCUT2D eigenvalue weighted by Gasteiger charge is -2.39. The van der Waals surface area contributed by atoms with Crippen molar-refractivity contribution in [2.45, 2.75) is 91.5 Å². The van der Waals surface area contributed by atoms with Gasteiger partial charge >= 0.3 is 6.18 Å². The number of benzene rings is 1. The molecule has 2 amide bonds. The normalized spacial score (nSPS) is 15.3. The molecule has 302 valence electrons. The first-order valence-electron chi connectivity index (χ1n) is 17.8. The molecular weight excluding hydrogens is 745 g/mol. The van der Waals surface area contributed by atoms with E-state index in [1.807, 2.05) is 32.6 Å². The Labute approximate surface area is 325 Å². The molecule has 2 unspecified atom stereocenters. The van der Waals surface area contributed by atoms with Crippen LogP contribution in [-0.2, 0) is 30.0 Å². The number of pyridine rings is 1. The number of hydrogen-bond acceptors (Lipinski definition) is 9. The number of amides is 2. The molecule has 1 fully saturated rings. The highest BCUT2D eigenvalue weighted by Crippen LogP contribution is 2.38. The minimum absolute atomic E-state index is 0.0824. The Morgan fingerprint density at radius 2 is 1.82 bits per heavy atom. The van der Waals surface area contributed by atoms with Crippen LogP contribution in [0.15, 0.2) is 24.4 Å². The van der Waals surface area contributed by atoms with Gasteiger partial charge in [0.2, 0.25) is 17.7 Å². The number of thiocarbonyl (C=S) groups is 1. The summed E-state index contributed by atoms with van der Waals surface area (Å²) in [5, 5.41) is 11.8. The molecule has 17 heteroatoms. The van der Waals surface area contributed by atoms with E-state index in [1.54, 1.807) is 13.0 Å². The molecule has 12 nitrogen and oxygen atoms in total. The van der Waals surface area contributed by atoms with Gasteiger partial charge in [0.25, 0.3) is 0 Å². The third kappa shape index (κ3) is 11.6. The minimum Gasteiger partial charge on any atom is -0.477 e. The standard InChI is InChI=1S/C38H50F4N6O6S/c1-24-19-27(48(37(6,7)23-49)35(55)46(8)28-13-12-26(20-43)30(31(28)39)38(40,41)42)21-44-33(24)54-16-10-15-52-17-18-53-22-29(50)45-32(36(3,4)5)34(51)47-14-9-11-25(47)2/h12-13,19,21,23,25,32H,9-11,14-18,22H2,1-8H3,(H,45,50). The number of aromatic nitrogens is 1. The van der Waals surface area contributed by atoms with E-state index in [1.165, 1.54) is 38.1 Å². The zero-order valence-corrected chi connectivity index (χ0v) is 33.3. The number of alkyl halides is 3. The van der Waals surface area contributed by atoms with E-state index in [2.05, 4.69) is 10.3 Å². The van der Waals surface area contributed by atoms with E-state index in [-0.39, 0.29) is 55.3 Å². The smallest absolute Gasteiger partial charge is 0.420 e. The molecule has 1 aliphatic heterocycles. The molecule has 1 saturated heterocycles. The first-order valence-corrected chi connectivity index (χ1v) is 18.2. The predicted molar refractivity (Wildman–Crippen MR) is 202 cm³/mol. The van der Waals surface area contributed by atoms with Gasteiger partial charge in [-0.25, -0.2) is 9.37 Å². The topological polar surface area (TPSA) is 137 Å². The summed E-state index contributed by atoms with van der Waals surface area (Å²) in [4.78, 5) is 46.5. The van der Waals surface area contributed by atoms with Crippen molar-refractivity contribution in [3.05, 3.63) is 46.9 Å². The molecule has 1 aromatic heterocycles. The zero-order valence-electron chi connectivity index (χ0n) is 32.5. The Bertz CT molecular complexity index is 1750. The van der Waals surface area contributed by atoms with Crippen LogP contribution in [0.5, 0.6) is 5.88 Å². The molecule has 0 spiro atoms. The number of ether oxygens (including phenoxy) is 3. The number of carbonyl (C=O) groups excluding carboxylic acids is 3. The van der Waals surface area contributed by atoms with E-state index in [9.17, 15) is 27.6 Å². The van der Waals surface area contributed by atoms with Gasteiger partial charge < -0.3 is 39.0 Å². The van der Waals surface area contributed by atoms with Crippen LogP contribution < -0.4 is 19.9 Å². The number of anilines is 2. The summed E-state index contributed by atoms with van der Waals surface area (Å²) in [7, 11) is 1.26. The monoisotopic (exact) mass is 794 g/mol. The number of aryl methyl sites for hydroxylation is 1. The number of nitriles is 1. The third-order valence-corrected chi connectivity index (χ3v) is 9.49. The van der Waals surface area contributed by atoms with Crippen LogP contribution in [0.4, 0.5) is 28.9 Å². The summed E-state index contributed by atoms with van der Waals surface area (Å²) in [6, 6.07) is 4.34. The molecule has 3 rings (SSSR count). The van der Waals surface area contributed by atoms with Gasteiger partial charge in [0.1, 0.15) is 24.5 Å². The van der Waals surface area contributed by atoms with Gasteiger partial charge in [-0.05, 0) is 76.4 Å². The van der Waals surface area contributed by atoms with Crippen LogP contribution in [-0.4, -0.2) is 97.3 Å². The molecule has 1 aromatic carbocycles. The molecule has 55 heavy (non-hydrogen) atoms. The number of aldehydes is 1. The molecule has 0 bridgehead atoms. The number of likely N-dealkylation sites (tertiary alicyclic amines) is 1. The Morgan fingerprint density at radius 3 is 2.38 bits per heavy atom. The molecule has 0 aliphatic carbocycles. The van der Waals surface area contributed by atoms with E-state index in [0.717, 1.165) is 29.9 Å². The number of nitrogens with zero attached hydrogens (tertiary/aromatic N) is 5. The summed E-state index contributed by atoms with van der Waals surface area (Å²) in [5.41, 5.74) is -4.11. The van der Waals surface area contributed by atoms with Crippen LogP contribution in [0.1, 0.15) is 77.5 Å². The molecule has 2 atom stereocenters. The quantitative estimate of drug-likeness (QED) is 0.0932. The van der Waals surface area contributed by atoms with Crippen LogP contribution in [0.25, 0.3) is 0 Å². The van der Waals surface area contributed by atoms with Crippen molar-refractivity contribution in [1.82, 2.24) is 15.2 Å². The lowest BCUT2D eigenvalue weighted by Crippen LogP contribution is -2.56. The van der Waals surface area contributed by atoms with E-state index in [4.69, 9.17) is 31.7 Å². The predicted octanol–water partition coefficient (Wildman–Crippen LogP) is 5.97. The summed E-state index contributed by atoms with van der Waals surface area (Å²) in [6.07, 6.45) is -0.793. The van der Waals surface area contributed by atoms with Gasteiger partial charge in [0.15, 0.2) is 10.9 Å². The van der Waals surface area contributed by atoms with Crippen molar-refractivity contribution >= 4 is 46.8 Å². The average molecular weight is 795 g/mol. The van der Waals surface area contributed by atoms with Crippen molar-refractivity contribution in [2.75, 3.05) is 56.4 Å². The van der Waals surface area contributed by atoms with Gasteiger partial charge in [-0.2, -0.15) is 18.4 Å². The van der Waals surface area contributed by atoms with Gasteiger partial charge in [-0.15, -0.1) is 0 Å². The number of halogens is 4. The van der Waals surface area contributed by atoms with Gasteiger partial charge in [-0.3, -0.25) is 9.59 Å². The van der Waals surface area contributed by atoms with Crippen LogP contribution in [0, 0.1) is 29.5 Å². The second-order valence-corrected chi connectivity index (χ2v) is 15.3. The first kappa shape index (κ1) is 45.0. The number of rotatable bonds is 16. The third-order valence-electron chi connectivity index (χ3n) is 9.04. The van der Waals surface area contributed by atoms with Crippen LogP contribution in [0.3, 0.4) is 0 Å². The van der Waals surface area contributed by atoms with Crippen molar-refractivity contribution in [2.24, 2.45) is 5.41 Å². The maximum atomic E-state index is 15.3. The molecule has 0 radical (unpaired) electrons. The SMILES string of the molecule is Cc1cc(N(C(=S)N(C)c2ccc(C#N)c(C(F)(F)F)c2F)C(C)(C)C=O)cnc1OCCCOCCOCC(=O)NC(C(=O)N1CCCC1C)C(C)(C)C. The molecule has 1 aliphatic rings. The molecule has 1 N–H and O–H groups in total. The fourth-order valence-corrected chi connectivity index (χ4v) is 6.44. The van der Waals surface area contributed by atoms with E-state index >= 15 is 4.39 Å². The highest BCUT2D eigenvalue weighted by atomic mass is 32.1. The lowest BCUT2D eigenvalue weighted by atomic mass is 9.85. The molecular formula is C38H50F4N6O6S. The fourth-order valence-electron chi connectivity index (χ4n) is 6.00. The Morgan fingerprint density at radius 1 is 1.15 bits per heavy atom. The first-order chi connectivity index (χ1) is 25.6. The molecule has 2 aromatic rings. The van der Waals surface area contributed by atoms with Crippen molar-refractivity contribution in [3.8, 4) is 11.9 Å². The second-order valence-electron chi connectivity index (χ2n) is 15.0. The lowest BCUT2D eigenvalue weighted by molar-refractivity contribution is -0.141. The van der Waals surface area contributed by atoms with E-state index < -0.39 is 45.8 Å². The largest absolute Gasteiger partial charge is 0.477 e. The number of carbonyl (C=O) groups is 3. The maximum Gasteiger partial charge on any atom is 0.420 e. The van der Waals surface area contributed by atoms with Crippen LogP contribution in [0.2, 0.25) is 0 Å². The highest BCUT2D eigenvalue weighted by molar-refractivity contribution is 7.80. The summed E-state index contributed by atoms with van der Waals surface area (Å²) in [6.45, 7) is 13.9. The van der Waals surface area contributed by atoms with Crippen LogP contribution >= 0.6 is 12.2 Å². The summed E-state index contributed by atoms with van der Waals surface area (Å²) in [5.74, 6) is -1.86. The minimum atomic E-state index is -5.14. The highest BCUT2D eigenvalue weighted by Gasteiger charge is 2.41. The van der Waals surface area contributed by atoms with Crippen molar-refractivity contribution < 1.29 is 46.2 Å². The molecule has 0 saturated carbocycles. The summed E-state index contributed by atoms with van der Waals surface area (Å²) < 4.78 is 73.2. The maximum absolute atomic E-state index is 15.3. The molecule has 2 heterocycles. The van der Waals surface area contributed by atoms with Gasteiger partial charge in [0.05, 0.1) is 54.6 Å². The van der Waals surface area contributed by atoms with E-state index in [0.29, 0.717) is 37.1 Å².